The fourth-order valence-electron chi connectivity index (χ4n) is 1.62. The van der Waals surface area contributed by atoms with Gasteiger partial charge in [-0.3, -0.25) is 4.79 Å². The summed E-state index contributed by atoms with van der Waals surface area (Å²) < 4.78 is 47.2. The van der Waals surface area contributed by atoms with Crippen LogP contribution in [0, 0.1) is 0 Å². The highest BCUT2D eigenvalue weighted by Gasteiger charge is 2.26. The molecular weight excluding hydrogens is 300 g/mol. The van der Waals surface area contributed by atoms with Crippen molar-refractivity contribution >= 4 is 21.4 Å². The highest BCUT2D eigenvalue weighted by atomic mass is 32.2. The molecule has 21 heavy (non-hydrogen) atoms. The van der Waals surface area contributed by atoms with E-state index in [-0.39, 0.29) is 5.91 Å². The first-order valence-corrected chi connectivity index (χ1v) is 7.44. The number of amides is 1. The molecule has 0 aromatic heterocycles. The molecule has 110 valence electrons. The second kappa shape index (κ2) is 6.01. The molecule has 1 amide bonds. The van der Waals surface area contributed by atoms with Gasteiger partial charge in [0.05, 0.1) is 4.90 Å². The third-order valence-corrected chi connectivity index (χ3v) is 4.11. The molecule has 0 aliphatic heterocycles. The number of carbonyl (C=O) groups excluding carboxylic acids is 1. The van der Waals surface area contributed by atoms with Crippen molar-refractivity contribution in [2.24, 2.45) is 0 Å². The lowest BCUT2D eigenvalue weighted by molar-refractivity contribution is 0.102. The zero-order valence-corrected chi connectivity index (χ0v) is 11.5. The summed E-state index contributed by atoms with van der Waals surface area (Å²) in [4.78, 5) is 11.4. The number of carbonyl (C=O) groups is 1. The Hall–Kier alpha value is -2.28. The molecule has 0 fully saturated rings. The van der Waals surface area contributed by atoms with E-state index < -0.39 is 20.5 Å². The van der Waals surface area contributed by atoms with Gasteiger partial charge in [-0.15, -0.1) is 0 Å². The number of hydrogen-bond donors (Lipinski definition) is 1. The molecule has 2 aromatic carbocycles. The van der Waals surface area contributed by atoms with Gasteiger partial charge in [-0.1, -0.05) is 18.2 Å². The van der Waals surface area contributed by atoms with Crippen LogP contribution >= 0.6 is 0 Å². The lowest BCUT2D eigenvalue weighted by Gasteiger charge is -2.07. The summed E-state index contributed by atoms with van der Waals surface area (Å²) in [6.07, 6.45) is 0. The average Bonchev–Trinajstić information content (AvgIpc) is 2.48. The highest BCUT2D eigenvalue weighted by Crippen LogP contribution is 2.20. The number of halogens is 2. The summed E-state index contributed by atoms with van der Waals surface area (Å²) in [6, 6.07) is 13.0. The van der Waals surface area contributed by atoms with E-state index in [2.05, 4.69) is 5.32 Å². The van der Waals surface area contributed by atoms with E-state index in [1.165, 1.54) is 12.1 Å². The third-order valence-electron chi connectivity index (χ3n) is 2.71. The van der Waals surface area contributed by atoms with Crippen LogP contribution in [0.25, 0.3) is 0 Å². The largest absolute Gasteiger partial charge is 0.341 e. The van der Waals surface area contributed by atoms with Crippen molar-refractivity contribution in [2.45, 2.75) is 10.7 Å². The minimum atomic E-state index is -4.62. The Kier molecular flexibility index (Phi) is 4.32. The van der Waals surface area contributed by atoms with Crippen LogP contribution in [0.15, 0.2) is 59.5 Å². The molecule has 0 heterocycles. The first-order chi connectivity index (χ1) is 9.91. The topological polar surface area (TPSA) is 63.2 Å². The maximum atomic E-state index is 12.4. The van der Waals surface area contributed by atoms with E-state index in [1.807, 2.05) is 0 Å². The minimum absolute atomic E-state index is 0.317. The lowest BCUT2D eigenvalue weighted by Crippen LogP contribution is -2.13. The molecule has 0 unspecified atom stereocenters. The Bertz CT molecular complexity index is 729. The molecule has 0 spiro atoms. The van der Waals surface area contributed by atoms with Crippen LogP contribution in [0.5, 0.6) is 0 Å². The van der Waals surface area contributed by atoms with Crippen molar-refractivity contribution in [1.29, 1.82) is 0 Å². The third kappa shape index (κ3) is 3.43. The van der Waals surface area contributed by atoms with Crippen LogP contribution in [-0.2, 0) is 9.84 Å². The maximum Gasteiger partial charge on any atom is 0.341 e. The normalized spacial score (nSPS) is 11.4. The van der Waals surface area contributed by atoms with Gasteiger partial charge in [0.2, 0.25) is 9.84 Å². The summed E-state index contributed by atoms with van der Waals surface area (Å²) in [6.45, 7) is 0. The molecule has 0 atom stereocenters. The average molecular weight is 311 g/mol. The van der Waals surface area contributed by atoms with Crippen LogP contribution in [0.2, 0.25) is 0 Å². The fourth-order valence-corrected chi connectivity index (χ4v) is 2.34. The molecule has 1 N–H and O–H groups in total. The number of nitrogens with one attached hydrogen (secondary N) is 1. The second-order valence-corrected chi connectivity index (χ2v) is 6.07. The molecule has 0 saturated carbocycles. The van der Waals surface area contributed by atoms with Gasteiger partial charge in [0.1, 0.15) is 0 Å². The van der Waals surface area contributed by atoms with Crippen molar-refractivity contribution in [3.05, 3.63) is 60.2 Å². The summed E-state index contributed by atoms with van der Waals surface area (Å²) in [7, 11) is -4.62. The van der Waals surface area contributed by atoms with Gasteiger partial charge in [-0.05, 0) is 36.4 Å². The Morgan fingerprint density at radius 3 is 2.05 bits per heavy atom. The molecule has 0 aliphatic carbocycles. The van der Waals surface area contributed by atoms with Gasteiger partial charge in [0, 0.05) is 11.3 Å². The van der Waals surface area contributed by atoms with Crippen molar-refractivity contribution in [3.63, 3.8) is 0 Å². The van der Waals surface area contributed by atoms with E-state index >= 15 is 0 Å². The Morgan fingerprint density at radius 2 is 1.52 bits per heavy atom. The number of rotatable bonds is 4. The summed E-state index contributed by atoms with van der Waals surface area (Å²) in [5, 5.41) is 2.54. The number of sulfone groups is 1. The van der Waals surface area contributed by atoms with E-state index in [9.17, 15) is 22.0 Å². The van der Waals surface area contributed by atoms with Gasteiger partial charge >= 0.3 is 5.76 Å². The van der Waals surface area contributed by atoms with Gasteiger partial charge in [-0.2, -0.15) is 8.78 Å². The van der Waals surface area contributed by atoms with Crippen LogP contribution in [0.3, 0.4) is 0 Å². The minimum Gasteiger partial charge on any atom is -0.322 e. The quantitative estimate of drug-likeness (QED) is 0.944. The van der Waals surface area contributed by atoms with Gasteiger partial charge in [0.25, 0.3) is 5.91 Å². The lowest BCUT2D eigenvalue weighted by atomic mass is 10.2. The van der Waals surface area contributed by atoms with Crippen LogP contribution in [0.1, 0.15) is 10.4 Å². The predicted molar refractivity (Wildman–Crippen MR) is 74.0 cm³/mol. The Morgan fingerprint density at radius 1 is 0.952 bits per heavy atom. The smallest absolute Gasteiger partial charge is 0.322 e. The standard InChI is InChI=1S/C14H11F2NO3S/c15-14(16)21(19,20)12-8-6-11(7-9-12)17-13(18)10-4-2-1-3-5-10/h1-9,14H,(H,17,18). The number of anilines is 1. The van der Waals surface area contributed by atoms with E-state index in [0.29, 0.717) is 11.3 Å². The van der Waals surface area contributed by atoms with Gasteiger partial charge in [0.15, 0.2) is 0 Å². The van der Waals surface area contributed by atoms with Crippen molar-refractivity contribution < 1.29 is 22.0 Å². The summed E-state index contributed by atoms with van der Waals surface area (Å²) >= 11 is 0. The molecule has 0 bridgehead atoms. The summed E-state index contributed by atoms with van der Waals surface area (Å²) in [5.74, 6) is -3.85. The van der Waals surface area contributed by atoms with Gasteiger partial charge in [-0.25, -0.2) is 8.42 Å². The molecule has 0 aliphatic rings. The van der Waals surface area contributed by atoms with E-state index in [4.69, 9.17) is 0 Å². The number of benzene rings is 2. The molecule has 4 nitrogen and oxygen atoms in total. The number of hydrogen-bond acceptors (Lipinski definition) is 3. The Balaban J connectivity index is 2.16. The van der Waals surface area contributed by atoms with Crippen LogP contribution < -0.4 is 5.32 Å². The fraction of sp³-hybridized carbons (Fsp3) is 0.0714. The van der Waals surface area contributed by atoms with Crippen molar-refractivity contribution in [1.82, 2.24) is 0 Å². The zero-order valence-electron chi connectivity index (χ0n) is 10.7. The van der Waals surface area contributed by atoms with Crippen LogP contribution in [0.4, 0.5) is 14.5 Å². The summed E-state index contributed by atoms with van der Waals surface area (Å²) in [5.41, 5.74) is 0.749. The monoisotopic (exact) mass is 311 g/mol. The molecule has 7 heteroatoms. The first-order valence-electron chi connectivity index (χ1n) is 5.90. The SMILES string of the molecule is O=C(Nc1ccc(S(=O)(=O)C(F)F)cc1)c1ccccc1. The molecule has 0 radical (unpaired) electrons. The Labute approximate surface area is 120 Å². The van der Waals surface area contributed by atoms with E-state index in [1.54, 1.807) is 30.3 Å². The van der Waals surface area contributed by atoms with Crippen molar-refractivity contribution in [3.8, 4) is 0 Å². The number of alkyl halides is 2. The van der Waals surface area contributed by atoms with Crippen LogP contribution in [-0.4, -0.2) is 20.1 Å². The molecule has 2 rings (SSSR count). The molecular formula is C14H11F2NO3S. The first kappa shape index (κ1) is 15.1. The van der Waals surface area contributed by atoms with Crippen molar-refractivity contribution in [2.75, 3.05) is 5.32 Å². The van der Waals surface area contributed by atoms with E-state index in [0.717, 1.165) is 12.1 Å². The van der Waals surface area contributed by atoms with Gasteiger partial charge < -0.3 is 5.32 Å². The highest BCUT2D eigenvalue weighted by molar-refractivity contribution is 7.91. The zero-order chi connectivity index (χ0) is 15.5. The predicted octanol–water partition coefficient (Wildman–Crippen LogP) is 2.94. The second-order valence-electron chi connectivity index (χ2n) is 4.15. The molecule has 0 saturated heterocycles. The maximum absolute atomic E-state index is 12.4. The molecule has 2 aromatic rings.